The summed E-state index contributed by atoms with van der Waals surface area (Å²) in [4.78, 5) is 26.7. The van der Waals surface area contributed by atoms with Gasteiger partial charge in [-0.05, 0) is 71.6 Å². The molecule has 1 amide bonds. The molecule has 0 bridgehead atoms. The zero-order valence-corrected chi connectivity index (χ0v) is 29.1. The van der Waals surface area contributed by atoms with E-state index >= 15 is 8.78 Å². The molecule has 4 aromatic rings. The Morgan fingerprint density at radius 3 is 2.53 bits per heavy atom. The van der Waals surface area contributed by atoms with Crippen LogP contribution in [0.5, 0.6) is 0 Å². The highest BCUT2D eigenvalue weighted by atomic mass is 35.5. The lowest BCUT2D eigenvalue weighted by atomic mass is 9.92. The van der Waals surface area contributed by atoms with Gasteiger partial charge in [0, 0.05) is 35.9 Å². The van der Waals surface area contributed by atoms with E-state index in [1.165, 1.54) is 41.6 Å². The number of nitrogens with one attached hydrogen (secondary N) is 1. The summed E-state index contributed by atoms with van der Waals surface area (Å²) in [7, 11) is -2.86. The van der Waals surface area contributed by atoms with Gasteiger partial charge in [0.05, 0.1) is 34.3 Å². The van der Waals surface area contributed by atoms with Crippen LogP contribution in [0.25, 0.3) is 22.5 Å². The standard InChI is InChI=1S/C32H34ClF5N8O2Si/c1-31(2,3)49(4,5)48-25(32(36,37)38)14-21-28(34)19(10-11-39-21)22-15-40-30(42-22)24-8-6-18-12-17(13-26(47)46(18)24)27-23(45-16-41-43-44-45)9-7-20(33)29(27)35/h7,9-11,13,15-16,18,24-25H,6,8,12,14H2,1-5H3,(H,40,42)/t18?,24-,25?/m0/s1. The second-order valence-corrected chi connectivity index (χ2v) is 19.0. The number of hydrogen-bond donors (Lipinski definition) is 1. The summed E-state index contributed by atoms with van der Waals surface area (Å²) in [6.45, 7) is 8.90. The third-order valence-electron chi connectivity index (χ3n) is 9.65. The van der Waals surface area contributed by atoms with Crippen LogP contribution in [-0.4, -0.2) is 72.6 Å². The van der Waals surface area contributed by atoms with E-state index in [2.05, 4.69) is 30.5 Å². The summed E-state index contributed by atoms with van der Waals surface area (Å²) in [6.07, 6.45) is -1.03. The summed E-state index contributed by atoms with van der Waals surface area (Å²) in [5, 5.41) is 10.5. The van der Waals surface area contributed by atoms with Gasteiger partial charge in [-0.1, -0.05) is 32.4 Å². The number of carbonyl (C=O) groups excluding carboxylic acids is 1. The van der Waals surface area contributed by atoms with Crippen molar-refractivity contribution in [2.24, 2.45) is 0 Å². The van der Waals surface area contributed by atoms with Crippen LogP contribution in [0.3, 0.4) is 0 Å². The maximum absolute atomic E-state index is 15.8. The molecule has 1 fully saturated rings. The third kappa shape index (κ3) is 6.65. The van der Waals surface area contributed by atoms with Crippen LogP contribution in [0.4, 0.5) is 22.0 Å². The highest BCUT2D eigenvalue weighted by Gasteiger charge is 2.48. The molecule has 5 heterocycles. The van der Waals surface area contributed by atoms with Gasteiger partial charge in [0.15, 0.2) is 20.0 Å². The fourth-order valence-corrected chi connectivity index (χ4v) is 7.56. The Bertz CT molecular complexity index is 1910. The number of amides is 1. The topological polar surface area (TPSA) is 115 Å². The predicted octanol–water partition coefficient (Wildman–Crippen LogP) is 7.39. The van der Waals surface area contributed by atoms with Crippen LogP contribution < -0.4 is 0 Å². The van der Waals surface area contributed by atoms with Crippen molar-refractivity contribution >= 4 is 31.4 Å². The van der Waals surface area contributed by atoms with Gasteiger partial charge in [-0.15, -0.1) is 5.10 Å². The summed E-state index contributed by atoms with van der Waals surface area (Å²) in [6, 6.07) is 3.53. The van der Waals surface area contributed by atoms with Gasteiger partial charge in [-0.25, -0.2) is 13.8 Å². The monoisotopic (exact) mass is 720 g/mol. The smallest absolute Gasteiger partial charge is 0.405 e. The molecule has 2 aliphatic rings. The minimum Gasteiger partial charge on any atom is -0.405 e. The lowest BCUT2D eigenvalue weighted by Gasteiger charge is -2.39. The number of H-pyrrole nitrogens is 1. The largest absolute Gasteiger partial charge is 0.413 e. The number of aromatic nitrogens is 7. The lowest BCUT2D eigenvalue weighted by Crippen LogP contribution is -2.49. The fraction of sp³-hybridized carbons (Fsp3) is 0.438. The van der Waals surface area contributed by atoms with Crippen molar-refractivity contribution in [1.29, 1.82) is 0 Å². The molecular formula is C32H34ClF5N8O2Si. The normalized spacial score (nSPS) is 19.3. The Morgan fingerprint density at radius 1 is 1.10 bits per heavy atom. The molecule has 3 aromatic heterocycles. The van der Waals surface area contributed by atoms with E-state index in [1.807, 2.05) is 20.8 Å². The number of alkyl halides is 3. The minimum atomic E-state index is -4.73. The van der Waals surface area contributed by atoms with Crippen LogP contribution in [0, 0.1) is 11.6 Å². The quantitative estimate of drug-likeness (QED) is 0.149. The lowest BCUT2D eigenvalue weighted by molar-refractivity contribution is -0.198. The Balaban J connectivity index is 1.25. The SMILES string of the molecule is CC(C)(C)[Si](C)(C)OC(Cc1nccc(-c2cnc([C@@H]3CCC4CC(c5c(-n6cnnn6)ccc(Cl)c5F)=CC(=O)N43)[nH]2)c1F)C(F)(F)F. The maximum Gasteiger partial charge on any atom is 0.413 e. The maximum atomic E-state index is 15.8. The average Bonchev–Trinajstić information content (AvgIpc) is 3.79. The molecule has 0 saturated carbocycles. The molecule has 49 heavy (non-hydrogen) atoms. The van der Waals surface area contributed by atoms with Crippen LogP contribution in [0.2, 0.25) is 23.2 Å². The molecule has 10 nitrogen and oxygen atoms in total. The van der Waals surface area contributed by atoms with E-state index in [-0.39, 0.29) is 39.5 Å². The van der Waals surface area contributed by atoms with Gasteiger partial charge in [0.25, 0.3) is 0 Å². The second kappa shape index (κ2) is 12.7. The molecule has 1 N–H and O–H groups in total. The van der Waals surface area contributed by atoms with Gasteiger partial charge >= 0.3 is 6.18 Å². The van der Waals surface area contributed by atoms with Crippen LogP contribution in [0.15, 0.2) is 43.0 Å². The van der Waals surface area contributed by atoms with Crippen molar-refractivity contribution < 1.29 is 31.2 Å². The molecule has 0 spiro atoms. The predicted molar refractivity (Wildman–Crippen MR) is 173 cm³/mol. The number of carbonyl (C=O) groups is 1. The number of nitrogens with zero attached hydrogens (tertiary/aromatic N) is 7. The zero-order chi connectivity index (χ0) is 35.5. The molecule has 1 saturated heterocycles. The first-order chi connectivity index (χ1) is 23.0. The number of imidazole rings is 1. The van der Waals surface area contributed by atoms with E-state index < -0.39 is 49.7 Å². The molecule has 1 aromatic carbocycles. The zero-order valence-electron chi connectivity index (χ0n) is 27.3. The molecule has 6 rings (SSSR count). The first kappa shape index (κ1) is 34.8. The van der Waals surface area contributed by atoms with Crippen molar-refractivity contribution in [3.63, 3.8) is 0 Å². The van der Waals surface area contributed by atoms with E-state index in [0.717, 1.165) is 0 Å². The summed E-state index contributed by atoms with van der Waals surface area (Å²) in [5.74, 6) is -1.60. The first-order valence-corrected chi connectivity index (χ1v) is 18.9. The van der Waals surface area contributed by atoms with Crippen molar-refractivity contribution in [2.45, 2.75) is 89.0 Å². The first-order valence-electron chi connectivity index (χ1n) is 15.6. The van der Waals surface area contributed by atoms with E-state index in [4.69, 9.17) is 16.0 Å². The fourth-order valence-electron chi connectivity index (χ4n) is 6.12. The minimum absolute atomic E-state index is 0.00902. The number of tetrazole rings is 1. The molecule has 17 heteroatoms. The van der Waals surface area contributed by atoms with Gasteiger partial charge < -0.3 is 14.3 Å². The number of aromatic amines is 1. The number of hydrogen-bond acceptors (Lipinski definition) is 7. The van der Waals surface area contributed by atoms with Crippen LogP contribution in [0.1, 0.15) is 63.2 Å². The van der Waals surface area contributed by atoms with Crippen LogP contribution in [-0.2, 0) is 15.6 Å². The second-order valence-electron chi connectivity index (χ2n) is 13.8. The van der Waals surface area contributed by atoms with Crippen LogP contribution >= 0.6 is 11.6 Å². The van der Waals surface area contributed by atoms with E-state index in [9.17, 15) is 18.0 Å². The molecule has 0 radical (unpaired) electrons. The highest BCUT2D eigenvalue weighted by Crippen LogP contribution is 2.45. The average molecular weight is 721 g/mol. The molecule has 2 unspecified atom stereocenters. The molecule has 0 aliphatic carbocycles. The number of pyridine rings is 1. The van der Waals surface area contributed by atoms with Crippen molar-refractivity contribution in [1.82, 2.24) is 40.1 Å². The van der Waals surface area contributed by atoms with Gasteiger partial charge in [0.2, 0.25) is 5.91 Å². The van der Waals surface area contributed by atoms with E-state index in [1.54, 1.807) is 24.1 Å². The Morgan fingerprint density at radius 2 is 1.86 bits per heavy atom. The van der Waals surface area contributed by atoms with E-state index in [0.29, 0.717) is 36.3 Å². The molecule has 2 aliphatic heterocycles. The van der Waals surface area contributed by atoms with Gasteiger partial charge in [-0.3, -0.25) is 9.78 Å². The molecule has 3 atom stereocenters. The summed E-state index contributed by atoms with van der Waals surface area (Å²) < 4.78 is 80.6. The molecule has 260 valence electrons. The Hall–Kier alpha value is -4.02. The number of halogens is 6. The molecular weight excluding hydrogens is 687 g/mol. The van der Waals surface area contributed by atoms with Gasteiger partial charge in [-0.2, -0.15) is 17.9 Å². The number of fused-ring (bicyclic) bond motifs is 1. The van der Waals surface area contributed by atoms with Crippen molar-refractivity contribution in [3.8, 4) is 16.9 Å². The van der Waals surface area contributed by atoms with Gasteiger partial charge in [0.1, 0.15) is 18.3 Å². The number of benzene rings is 1. The third-order valence-corrected chi connectivity index (χ3v) is 14.4. The van der Waals surface area contributed by atoms with Crippen molar-refractivity contribution in [2.75, 3.05) is 0 Å². The summed E-state index contributed by atoms with van der Waals surface area (Å²) in [5.41, 5.74) is 0.735. The highest BCUT2D eigenvalue weighted by molar-refractivity contribution is 6.74. The Kier molecular flexibility index (Phi) is 9.03. The number of rotatable bonds is 8. The Labute approximate surface area is 284 Å². The summed E-state index contributed by atoms with van der Waals surface area (Å²) >= 11 is 6.12. The van der Waals surface area contributed by atoms with Crippen molar-refractivity contribution in [3.05, 3.63) is 76.7 Å².